The first kappa shape index (κ1) is 37.1. The van der Waals surface area contributed by atoms with Crippen LogP contribution in [0, 0.1) is 0 Å². The zero-order valence-corrected chi connectivity index (χ0v) is 36.5. The molecule has 0 N–H and O–H groups in total. The number of nitrogens with zero attached hydrogens (tertiary/aromatic N) is 4. The molecular weight excluding hydrogens is 829 g/mol. The van der Waals surface area contributed by atoms with E-state index in [9.17, 15) is 0 Å². The molecule has 5 heteroatoms. The summed E-state index contributed by atoms with van der Waals surface area (Å²) < 4.78 is 9.27. The lowest BCUT2D eigenvalue weighted by Gasteiger charge is -2.15. The van der Waals surface area contributed by atoms with Gasteiger partial charge in [-0.05, 0) is 107 Å². The SMILES string of the molecule is c1ccc2cc3c(cc2c1)c1c2ccccc2ccc1n3-c1cc(-c2nc(-c3cc4ccccc4c4ccccc34)nc(-c3cc4ccccc4c4ccccc34)n2)c2c(c1)oc1ccccc12. The van der Waals surface area contributed by atoms with Crippen LogP contribution in [-0.4, -0.2) is 19.5 Å². The predicted molar refractivity (Wildman–Crippen MR) is 283 cm³/mol. The number of hydrogen-bond acceptors (Lipinski definition) is 4. The second-order valence-electron chi connectivity index (χ2n) is 17.9. The van der Waals surface area contributed by atoms with E-state index >= 15 is 0 Å². The summed E-state index contributed by atoms with van der Waals surface area (Å²) in [5.74, 6) is 1.77. The van der Waals surface area contributed by atoms with E-state index in [1.807, 2.05) is 12.1 Å². The maximum Gasteiger partial charge on any atom is 0.164 e. The summed E-state index contributed by atoms with van der Waals surface area (Å²) in [6, 6.07) is 78.1. The fourth-order valence-electron chi connectivity index (χ4n) is 11.1. The van der Waals surface area contributed by atoms with Crippen LogP contribution in [0.4, 0.5) is 0 Å². The lowest BCUT2D eigenvalue weighted by molar-refractivity contribution is 0.668. The Hall–Kier alpha value is -9.19. The molecule has 0 aliphatic rings. The van der Waals surface area contributed by atoms with Gasteiger partial charge in [0.15, 0.2) is 17.5 Å². The van der Waals surface area contributed by atoms with Crippen LogP contribution in [0.15, 0.2) is 223 Å². The molecule has 0 saturated heterocycles. The standard InChI is InChI=1S/C63H36N4O/c1-2-17-39-34-56-53(31-38(39)16-1)59-45-22-8-3-15-37(45)29-30-55(59)67(56)42-35-54(60-50-27-13-14-28-57(50)68-58(60)36-42)63-65-61(51-32-40-18-4-6-20-43(40)46-23-9-11-25-48(46)51)64-62(66-63)52-33-41-19-5-7-21-44(41)47-24-10-12-26-49(47)52/h1-36H. The molecule has 68 heavy (non-hydrogen) atoms. The average molecular weight is 865 g/mol. The first-order chi connectivity index (χ1) is 33.7. The molecule has 0 aliphatic carbocycles. The second-order valence-corrected chi connectivity index (χ2v) is 17.9. The van der Waals surface area contributed by atoms with Crippen molar-refractivity contribution in [2.24, 2.45) is 0 Å². The molecule has 15 rings (SSSR count). The van der Waals surface area contributed by atoms with Crippen molar-refractivity contribution in [3.05, 3.63) is 218 Å². The number of fused-ring (bicyclic) bond motifs is 15. The molecule has 12 aromatic carbocycles. The molecule has 0 aliphatic heterocycles. The lowest BCUT2D eigenvalue weighted by atomic mass is 9.96. The molecule has 5 nitrogen and oxygen atoms in total. The summed E-state index contributed by atoms with van der Waals surface area (Å²) in [6.45, 7) is 0. The van der Waals surface area contributed by atoms with Gasteiger partial charge in [-0.25, -0.2) is 15.0 Å². The van der Waals surface area contributed by atoms with Gasteiger partial charge in [0, 0.05) is 44.3 Å². The zero-order chi connectivity index (χ0) is 44.5. The Labute approximate surface area is 388 Å². The zero-order valence-electron chi connectivity index (χ0n) is 36.5. The van der Waals surface area contributed by atoms with Crippen molar-refractivity contribution in [1.29, 1.82) is 0 Å². The summed E-state index contributed by atoms with van der Waals surface area (Å²) in [5, 5.41) is 18.2. The third-order valence-corrected chi connectivity index (χ3v) is 14.1. The fourth-order valence-corrected chi connectivity index (χ4v) is 11.1. The normalized spacial score (nSPS) is 12.1. The number of benzene rings is 12. The van der Waals surface area contributed by atoms with Crippen LogP contribution >= 0.6 is 0 Å². The Morgan fingerprint density at radius 3 is 1.40 bits per heavy atom. The molecule has 0 saturated carbocycles. The molecule has 0 radical (unpaired) electrons. The lowest BCUT2D eigenvalue weighted by Crippen LogP contribution is -2.02. The Morgan fingerprint density at radius 2 is 0.765 bits per heavy atom. The van der Waals surface area contributed by atoms with Gasteiger partial charge in [0.25, 0.3) is 0 Å². The Bertz CT molecular complexity index is 4500. The van der Waals surface area contributed by atoms with Gasteiger partial charge in [0.1, 0.15) is 11.2 Å². The predicted octanol–water partition coefficient (Wildman–Crippen LogP) is 16.8. The molecular formula is C63H36N4O. The van der Waals surface area contributed by atoms with Crippen LogP contribution < -0.4 is 0 Å². The van der Waals surface area contributed by atoms with E-state index in [1.54, 1.807) is 0 Å². The third-order valence-electron chi connectivity index (χ3n) is 14.1. The van der Waals surface area contributed by atoms with Gasteiger partial charge in [-0.2, -0.15) is 0 Å². The number of aromatic nitrogens is 4. The summed E-state index contributed by atoms with van der Waals surface area (Å²) >= 11 is 0. The maximum absolute atomic E-state index is 6.87. The van der Waals surface area contributed by atoms with E-state index in [-0.39, 0.29) is 0 Å². The molecule has 0 amide bonds. The molecule has 0 fully saturated rings. The average Bonchev–Trinajstić information content (AvgIpc) is 3.94. The van der Waals surface area contributed by atoms with E-state index in [1.165, 1.54) is 43.1 Å². The third kappa shape index (κ3) is 5.41. The van der Waals surface area contributed by atoms with Crippen LogP contribution in [0.25, 0.3) is 148 Å². The monoisotopic (exact) mass is 864 g/mol. The highest BCUT2D eigenvalue weighted by atomic mass is 16.3. The minimum atomic E-state index is 0.564. The Kier molecular flexibility index (Phi) is 7.72. The summed E-state index contributed by atoms with van der Waals surface area (Å²) in [6.07, 6.45) is 0. The smallest absolute Gasteiger partial charge is 0.164 e. The van der Waals surface area contributed by atoms with Gasteiger partial charge in [0.05, 0.1) is 16.7 Å². The van der Waals surface area contributed by atoms with Crippen LogP contribution in [-0.2, 0) is 0 Å². The highest BCUT2D eigenvalue weighted by Crippen LogP contribution is 2.44. The largest absolute Gasteiger partial charge is 0.456 e. The van der Waals surface area contributed by atoms with E-state index < -0.39 is 0 Å². The van der Waals surface area contributed by atoms with Crippen molar-refractivity contribution in [2.45, 2.75) is 0 Å². The van der Waals surface area contributed by atoms with Gasteiger partial charge < -0.3 is 8.98 Å². The molecule has 0 atom stereocenters. The molecule has 0 unspecified atom stereocenters. The molecule has 0 spiro atoms. The second kappa shape index (κ2) is 14.2. The van der Waals surface area contributed by atoms with Crippen molar-refractivity contribution in [3.63, 3.8) is 0 Å². The van der Waals surface area contributed by atoms with Crippen molar-refractivity contribution >= 4 is 108 Å². The Balaban J connectivity index is 1.09. The van der Waals surface area contributed by atoms with Crippen LogP contribution in [0.3, 0.4) is 0 Å². The number of hydrogen-bond donors (Lipinski definition) is 0. The maximum atomic E-state index is 6.87. The van der Waals surface area contributed by atoms with Gasteiger partial charge in [-0.1, -0.05) is 170 Å². The first-order valence-corrected chi connectivity index (χ1v) is 23.1. The summed E-state index contributed by atoms with van der Waals surface area (Å²) in [7, 11) is 0. The molecule has 314 valence electrons. The highest BCUT2D eigenvalue weighted by Gasteiger charge is 2.24. The van der Waals surface area contributed by atoms with Crippen molar-refractivity contribution in [2.75, 3.05) is 0 Å². The number of rotatable bonds is 4. The van der Waals surface area contributed by atoms with E-state index in [0.717, 1.165) is 87.7 Å². The molecule has 3 heterocycles. The molecule has 3 aromatic heterocycles. The molecule has 15 aromatic rings. The molecule has 0 bridgehead atoms. The van der Waals surface area contributed by atoms with Gasteiger partial charge >= 0.3 is 0 Å². The van der Waals surface area contributed by atoms with Gasteiger partial charge in [0.2, 0.25) is 0 Å². The van der Waals surface area contributed by atoms with Crippen molar-refractivity contribution in [1.82, 2.24) is 19.5 Å². The van der Waals surface area contributed by atoms with Crippen LogP contribution in [0.2, 0.25) is 0 Å². The summed E-state index contributed by atoms with van der Waals surface area (Å²) in [4.78, 5) is 16.7. The quantitative estimate of drug-likeness (QED) is 0.165. The van der Waals surface area contributed by atoms with E-state index in [0.29, 0.717) is 17.5 Å². The van der Waals surface area contributed by atoms with E-state index in [4.69, 9.17) is 19.4 Å². The number of furan rings is 1. The topological polar surface area (TPSA) is 56.7 Å². The van der Waals surface area contributed by atoms with Crippen molar-refractivity contribution in [3.8, 4) is 39.9 Å². The minimum absolute atomic E-state index is 0.564. The number of para-hydroxylation sites is 1. The summed E-state index contributed by atoms with van der Waals surface area (Å²) in [5.41, 5.74) is 7.48. The van der Waals surface area contributed by atoms with E-state index in [2.05, 4.69) is 211 Å². The van der Waals surface area contributed by atoms with Crippen LogP contribution in [0.1, 0.15) is 0 Å². The van der Waals surface area contributed by atoms with Gasteiger partial charge in [-0.3, -0.25) is 0 Å². The van der Waals surface area contributed by atoms with Crippen molar-refractivity contribution < 1.29 is 4.42 Å². The Morgan fingerprint density at radius 1 is 0.279 bits per heavy atom. The first-order valence-electron chi connectivity index (χ1n) is 23.1. The highest BCUT2D eigenvalue weighted by molar-refractivity contribution is 6.24. The van der Waals surface area contributed by atoms with Crippen LogP contribution in [0.5, 0.6) is 0 Å². The minimum Gasteiger partial charge on any atom is -0.456 e. The van der Waals surface area contributed by atoms with Gasteiger partial charge in [-0.15, -0.1) is 0 Å². The fraction of sp³-hybridized carbons (Fsp3) is 0.